The standard InChI is InChI=1S/C14H11NO3/c16-12(10-6-2-1-3-7-10)14(18)13(17)11-8-4-5-9-15-11/h1-9,16,18H. The molecule has 1 aromatic heterocycles. The molecule has 4 heteroatoms. The van der Waals surface area contributed by atoms with E-state index >= 15 is 0 Å². The van der Waals surface area contributed by atoms with Crippen LogP contribution in [0.15, 0.2) is 60.5 Å². The Hall–Kier alpha value is -2.62. The largest absolute Gasteiger partial charge is 0.504 e. The monoisotopic (exact) mass is 241 g/mol. The lowest BCUT2D eigenvalue weighted by Crippen LogP contribution is -2.07. The fourth-order valence-electron chi connectivity index (χ4n) is 1.46. The number of aliphatic hydroxyl groups is 2. The van der Waals surface area contributed by atoms with Crippen molar-refractivity contribution in [3.63, 3.8) is 0 Å². The third-order valence-corrected chi connectivity index (χ3v) is 2.38. The number of carbonyl (C=O) groups excluding carboxylic acids is 1. The lowest BCUT2D eigenvalue weighted by Gasteiger charge is -2.03. The molecule has 0 aliphatic heterocycles. The van der Waals surface area contributed by atoms with Gasteiger partial charge in [0, 0.05) is 11.8 Å². The Morgan fingerprint density at radius 2 is 1.61 bits per heavy atom. The number of hydrogen-bond donors (Lipinski definition) is 2. The summed E-state index contributed by atoms with van der Waals surface area (Å²) >= 11 is 0. The summed E-state index contributed by atoms with van der Waals surface area (Å²) in [6, 6.07) is 13.1. The Kier molecular flexibility index (Phi) is 3.38. The minimum Gasteiger partial charge on any atom is -0.504 e. The molecule has 0 fully saturated rings. The Bertz CT molecular complexity index is 577. The first-order chi connectivity index (χ1) is 8.70. The zero-order valence-corrected chi connectivity index (χ0v) is 9.45. The van der Waals surface area contributed by atoms with Crippen molar-refractivity contribution in [3.8, 4) is 0 Å². The lowest BCUT2D eigenvalue weighted by molar-refractivity contribution is 0.0970. The van der Waals surface area contributed by atoms with Crippen molar-refractivity contribution in [2.75, 3.05) is 0 Å². The Labute approximate surface area is 104 Å². The van der Waals surface area contributed by atoms with Crippen molar-refractivity contribution < 1.29 is 15.0 Å². The molecule has 1 aromatic carbocycles. The zero-order chi connectivity index (χ0) is 13.0. The van der Waals surface area contributed by atoms with Crippen molar-refractivity contribution in [2.45, 2.75) is 0 Å². The lowest BCUT2D eigenvalue weighted by atomic mass is 10.1. The summed E-state index contributed by atoms with van der Waals surface area (Å²) in [5, 5.41) is 19.5. The summed E-state index contributed by atoms with van der Waals surface area (Å²) in [4.78, 5) is 15.7. The molecule has 0 saturated heterocycles. The number of aromatic nitrogens is 1. The smallest absolute Gasteiger partial charge is 0.249 e. The van der Waals surface area contributed by atoms with Gasteiger partial charge in [-0.3, -0.25) is 9.78 Å². The molecule has 0 radical (unpaired) electrons. The van der Waals surface area contributed by atoms with E-state index in [1.54, 1.807) is 42.5 Å². The highest BCUT2D eigenvalue weighted by atomic mass is 16.3. The van der Waals surface area contributed by atoms with Crippen molar-refractivity contribution >= 4 is 11.5 Å². The number of Topliss-reactive ketones (excluding diaryl/α,β-unsaturated/α-hetero) is 1. The molecule has 4 nitrogen and oxygen atoms in total. The third-order valence-electron chi connectivity index (χ3n) is 2.38. The van der Waals surface area contributed by atoms with Crippen LogP contribution in [0.5, 0.6) is 0 Å². The van der Waals surface area contributed by atoms with Crippen molar-refractivity contribution in [1.29, 1.82) is 0 Å². The van der Waals surface area contributed by atoms with Crippen LogP contribution in [-0.4, -0.2) is 21.0 Å². The van der Waals surface area contributed by atoms with E-state index in [9.17, 15) is 15.0 Å². The minimum atomic E-state index is -0.711. The van der Waals surface area contributed by atoms with E-state index in [-0.39, 0.29) is 5.69 Å². The Balaban J connectivity index is 2.37. The maximum Gasteiger partial charge on any atom is 0.249 e. The van der Waals surface area contributed by atoms with Gasteiger partial charge in [-0.1, -0.05) is 36.4 Å². The van der Waals surface area contributed by atoms with Crippen LogP contribution in [-0.2, 0) is 0 Å². The van der Waals surface area contributed by atoms with Gasteiger partial charge in [-0.05, 0) is 12.1 Å². The summed E-state index contributed by atoms with van der Waals surface area (Å²) in [5.74, 6) is -1.87. The summed E-state index contributed by atoms with van der Waals surface area (Å²) in [6.07, 6.45) is 1.44. The van der Waals surface area contributed by atoms with Gasteiger partial charge in [-0.15, -0.1) is 0 Å². The van der Waals surface area contributed by atoms with Crippen LogP contribution in [0.2, 0.25) is 0 Å². The number of rotatable bonds is 3. The first kappa shape index (κ1) is 11.9. The fourth-order valence-corrected chi connectivity index (χ4v) is 1.46. The van der Waals surface area contributed by atoms with Gasteiger partial charge in [0.1, 0.15) is 5.69 Å². The summed E-state index contributed by atoms with van der Waals surface area (Å²) in [6.45, 7) is 0. The predicted octanol–water partition coefficient (Wildman–Crippen LogP) is 2.75. The Morgan fingerprint density at radius 3 is 2.22 bits per heavy atom. The van der Waals surface area contributed by atoms with Gasteiger partial charge in [0.15, 0.2) is 5.76 Å². The third kappa shape index (κ3) is 2.38. The maximum atomic E-state index is 11.8. The van der Waals surface area contributed by atoms with E-state index in [2.05, 4.69) is 4.98 Å². The fraction of sp³-hybridized carbons (Fsp3) is 0. The molecule has 0 spiro atoms. The van der Waals surface area contributed by atoms with Crippen LogP contribution in [0.25, 0.3) is 5.76 Å². The molecule has 2 rings (SSSR count). The molecule has 90 valence electrons. The molecule has 1 heterocycles. The summed E-state index contributed by atoms with van der Waals surface area (Å²) in [5.41, 5.74) is 0.455. The molecule has 0 aliphatic carbocycles. The molecule has 0 bridgehead atoms. The molecule has 18 heavy (non-hydrogen) atoms. The quantitative estimate of drug-likeness (QED) is 0.492. The van der Waals surface area contributed by atoms with E-state index in [4.69, 9.17) is 0 Å². The predicted molar refractivity (Wildman–Crippen MR) is 67.2 cm³/mol. The molecule has 0 unspecified atom stereocenters. The van der Waals surface area contributed by atoms with Crippen molar-refractivity contribution in [3.05, 3.63) is 71.7 Å². The number of allylic oxidation sites excluding steroid dienone is 1. The normalized spacial score (nSPS) is 11.8. The van der Waals surface area contributed by atoms with Crippen LogP contribution in [0, 0.1) is 0 Å². The number of hydrogen-bond acceptors (Lipinski definition) is 4. The van der Waals surface area contributed by atoms with E-state index in [0.29, 0.717) is 5.56 Å². The van der Waals surface area contributed by atoms with Crippen LogP contribution < -0.4 is 0 Å². The average molecular weight is 241 g/mol. The molecule has 2 aromatic rings. The first-order valence-corrected chi connectivity index (χ1v) is 5.33. The molecular formula is C14H11NO3. The van der Waals surface area contributed by atoms with Gasteiger partial charge in [0.2, 0.25) is 11.5 Å². The average Bonchev–Trinajstić information content (AvgIpc) is 2.47. The minimum absolute atomic E-state index is 0.0810. The number of benzene rings is 1. The first-order valence-electron chi connectivity index (χ1n) is 5.33. The van der Waals surface area contributed by atoms with Crippen LogP contribution in [0.1, 0.15) is 16.1 Å². The van der Waals surface area contributed by atoms with E-state index in [1.165, 1.54) is 12.3 Å². The van der Waals surface area contributed by atoms with Gasteiger partial charge < -0.3 is 10.2 Å². The Morgan fingerprint density at radius 1 is 0.944 bits per heavy atom. The van der Waals surface area contributed by atoms with Crippen molar-refractivity contribution in [2.24, 2.45) is 0 Å². The highest BCUT2D eigenvalue weighted by Crippen LogP contribution is 2.16. The summed E-state index contributed by atoms with van der Waals surface area (Å²) in [7, 11) is 0. The molecular weight excluding hydrogens is 230 g/mol. The zero-order valence-electron chi connectivity index (χ0n) is 9.45. The molecule has 0 amide bonds. The van der Waals surface area contributed by atoms with Gasteiger partial charge in [0.25, 0.3) is 0 Å². The number of pyridine rings is 1. The highest BCUT2D eigenvalue weighted by Gasteiger charge is 2.17. The molecule has 0 atom stereocenters. The van der Waals surface area contributed by atoms with E-state index in [0.717, 1.165) is 0 Å². The molecule has 0 aliphatic rings. The van der Waals surface area contributed by atoms with Gasteiger partial charge in [0.05, 0.1) is 0 Å². The van der Waals surface area contributed by atoms with Gasteiger partial charge >= 0.3 is 0 Å². The van der Waals surface area contributed by atoms with Crippen molar-refractivity contribution in [1.82, 2.24) is 4.98 Å². The van der Waals surface area contributed by atoms with Gasteiger partial charge in [-0.2, -0.15) is 0 Å². The van der Waals surface area contributed by atoms with Gasteiger partial charge in [-0.25, -0.2) is 0 Å². The SMILES string of the molecule is O=C(C(O)=C(O)c1ccccc1)c1ccccn1. The topological polar surface area (TPSA) is 70.4 Å². The highest BCUT2D eigenvalue weighted by molar-refractivity contribution is 6.09. The van der Waals surface area contributed by atoms with Crippen LogP contribution in [0.4, 0.5) is 0 Å². The van der Waals surface area contributed by atoms with E-state index < -0.39 is 17.3 Å². The number of aliphatic hydroxyl groups excluding tert-OH is 2. The second kappa shape index (κ2) is 5.14. The molecule has 0 saturated carbocycles. The summed E-state index contributed by atoms with van der Waals surface area (Å²) < 4.78 is 0. The maximum absolute atomic E-state index is 11.8. The van der Waals surface area contributed by atoms with E-state index in [1.807, 2.05) is 0 Å². The second-order valence-electron chi connectivity index (χ2n) is 3.61. The van der Waals surface area contributed by atoms with Crippen LogP contribution in [0.3, 0.4) is 0 Å². The number of ketones is 1. The molecule has 2 N–H and O–H groups in total. The second-order valence-corrected chi connectivity index (χ2v) is 3.61. The number of carbonyl (C=O) groups is 1. The number of nitrogens with zero attached hydrogens (tertiary/aromatic N) is 1. The van der Waals surface area contributed by atoms with Crippen LogP contribution >= 0.6 is 0 Å².